The first-order valence-electron chi connectivity index (χ1n) is 5.75. The number of hydrogen-bond donors (Lipinski definition) is 0. The molecule has 0 N–H and O–H groups in total. The SMILES string of the molecule is C=Cc1ccc([N+](=O)[O-])c(C2CCC2)c1C=C. The third-order valence-corrected chi connectivity index (χ3v) is 3.43. The van der Waals surface area contributed by atoms with Gasteiger partial charge in [-0.15, -0.1) is 0 Å². The number of benzene rings is 1. The van der Waals surface area contributed by atoms with E-state index in [0.29, 0.717) is 5.92 Å². The van der Waals surface area contributed by atoms with Gasteiger partial charge in [0.1, 0.15) is 0 Å². The minimum Gasteiger partial charge on any atom is -0.258 e. The Labute approximate surface area is 101 Å². The molecule has 0 heterocycles. The Bertz CT molecular complexity index is 487. The third-order valence-electron chi connectivity index (χ3n) is 3.43. The summed E-state index contributed by atoms with van der Waals surface area (Å²) in [6.45, 7) is 7.51. The van der Waals surface area contributed by atoms with Crippen molar-refractivity contribution in [1.29, 1.82) is 0 Å². The summed E-state index contributed by atoms with van der Waals surface area (Å²) < 4.78 is 0. The van der Waals surface area contributed by atoms with Crippen LogP contribution in [0.25, 0.3) is 12.2 Å². The number of rotatable bonds is 4. The van der Waals surface area contributed by atoms with Crippen LogP contribution in [-0.2, 0) is 0 Å². The van der Waals surface area contributed by atoms with Gasteiger partial charge in [0.15, 0.2) is 0 Å². The van der Waals surface area contributed by atoms with E-state index in [1.54, 1.807) is 24.3 Å². The van der Waals surface area contributed by atoms with E-state index in [9.17, 15) is 10.1 Å². The minimum atomic E-state index is -0.298. The lowest BCUT2D eigenvalue weighted by atomic mass is 9.76. The quantitative estimate of drug-likeness (QED) is 0.575. The van der Waals surface area contributed by atoms with Crippen LogP contribution in [-0.4, -0.2) is 4.92 Å². The van der Waals surface area contributed by atoms with Gasteiger partial charge in [-0.25, -0.2) is 0 Å². The molecule has 0 unspecified atom stereocenters. The highest BCUT2D eigenvalue weighted by atomic mass is 16.6. The van der Waals surface area contributed by atoms with Crippen LogP contribution in [0.15, 0.2) is 25.3 Å². The molecule has 0 atom stereocenters. The Balaban J connectivity index is 2.65. The van der Waals surface area contributed by atoms with Crippen molar-refractivity contribution < 1.29 is 4.92 Å². The molecule has 3 nitrogen and oxygen atoms in total. The maximum absolute atomic E-state index is 11.1. The summed E-state index contributed by atoms with van der Waals surface area (Å²) in [5.74, 6) is 0.309. The monoisotopic (exact) mass is 229 g/mol. The summed E-state index contributed by atoms with van der Waals surface area (Å²) in [6, 6.07) is 3.32. The van der Waals surface area contributed by atoms with E-state index >= 15 is 0 Å². The highest BCUT2D eigenvalue weighted by Crippen LogP contribution is 2.43. The van der Waals surface area contributed by atoms with Crippen molar-refractivity contribution in [3.05, 3.63) is 52.1 Å². The van der Waals surface area contributed by atoms with Gasteiger partial charge < -0.3 is 0 Å². The fourth-order valence-corrected chi connectivity index (χ4v) is 2.33. The lowest BCUT2D eigenvalue weighted by Crippen LogP contribution is -2.13. The highest BCUT2D eigenvalue weighted by Gasteiger charge is 2.29. The lowest BCUT2D eigenvalue weighted by Gasteiger charge is -2.27. The Hall–Kier alpha value is -1.90. The smallest absolute Gasteiger partial charge is 0.258 e. The van der Waals surface area contributed by atoms with Crippen molar-refractivity contribution in [3.63, 3.8) is 0 Å². The Morgan fingerprint density at radius 3 is 2.41 bits per heavy atom. The molecule has 1 fully saturated rings. The van der Waals surface area contributed by atoms with Gasteiger partial charge in [0, 0.05) is 11.6 Å². The number of hydrogen-bond acceptors (Lipinski definition) is 2. The standard InChI is InChI=1S/C14H15NO2/c1-3-10-8-9-13(15(16)17)14(12(10)4-2)11-6-5-7-11/h3-4,8-9,11H,1-2,5-7H2. The van der Waals surface area contributed by atoms with Gasteiger partial charge in [-0.2, -0.15) is 0 Å². The molecule has 0 aliphatic heterocycles. The first-order chi connectivity index (χ1) is 8.19. The van der Waals surface area contributed by atoms with Crippen molar-refractivity contribution in [3.8, 4) is 0 Å². The van der Waals surface area contributed by atoms with Crippen LogP contribution in [0.5, 0.6) is 0 Å². The first-order valence-corrected chi connectivity index (χ1v) is 5.75. The predicted molar refractivity (Wildman–Crippen MR) is 69.9 cm³/mol. The lowest BCUT2D eigenvalue weighted by molar-refractivity contribution is -0.385. The summed E-state index contributed by atoms with van der Waals surface area (Å²) in [6.07, 6.45) is 6.64. The summed E-state index contributed by atoms with van der Waals surface area (Å²) in [4.78, 5) is 10.8. The fourth-order valence-electron chi connectivity index (χ4n) is 2.33. The molecule has 2 rings (SSSR count). The molecule has 1 aromatic rings. The molecule has 1 saturated carbocycles. The van der Waals surface area contributed by atoms with Crippen LogP contribution in [0.1, 0.15) is 41.9 Å². The van der Waals surface area contributed by atoms with Gasteiger partial charge in [0.25, 0.3) is 5.69 Å². The Morgan fingerprint density at radius 1 is 1.29 bits per heavy atom. The fraction of sp³-hybridized carbons (Fsp3) is 0.286. The second kappa shape index (κ2) is 4.53. The van der Waals surface area contributed by atoms with E-state index in [1.165, 1.54) is 0 Å². The summed E-state index contributed by atoms with van der Waals surface area (Å²) in [5.41, 5.74) is 2.86. The molecule has 0 saturated heterocycles. The van der Waals surface area contributed by atoms with E-state index in [-0.39, 0.29) is 10.6 Å². The molecular weight excluding hydrogens is 214 g/mol. The van der Waals surface area contributed by atoms with Crippen molar-refractivity contribution in [1.82, 2.24) is 0 Å². The van der Waals surface area contributed by atoms with Crippen LogP contribution in [0.4, 0.5) is 5.69 Å². The molecule has 17 heavy (non-hydrogen) atoms. The second-order valence-corrected chi connectivity index (χ2v) is 4.29. The predicted octanol–water partition coefficient (Wildman–Crippen LogP) is 4.15. The average molecular weight is 229 g/mol. The van der Waals surface area contributed by atoms with Crippen LogP contribution in [0.2, 0.25) is 0 Å². The second-order valence-electron chi connectivity index (χ2n) is 4.29. The van der Waals surface area contributed by atoms with Gasteiger partial charge in [0.05, 0.1) is 4.92 Å². The van der Waals surface area contributed by atoms with Gasteiger partial charge in [0.2, 0.25) is 0 Å². The molecule has 1 aliphatic rings. The molecule has 0 bridgehead atoms. The number of nitro groups is 1. The van der Waals surface area contributed by atoms with E-state index in [1.807, 2.05) is 0 Å². The van der Waals surface area contributed by atoms with E-state index in [4.69, 9.17) is 0 Å². The zero-order valence-electron chi connectivity index (χ0n) is 9.69. The summed E-state index contributed by atoms with van der Waals surface area (Å²) >= 11 is 0. The normalized spacial score (nSPS) is 15.1. The molecule has 1 aliphatic carbocycles. The third kappa shape index (κ3) is 1.88. The van der Waals surface area contributed by atoms with Crippen LogP contribution >= 0.6 is 0 Å². The molecule has 0 spiro atoms. The summed E-state index contributed by atoms with van der Waals surface area (Å²) in [7, 11) is 0. The molecule has 1 aromatic carbocycles. The maximum atomic E-state index is 11.1. The van der Waals surface area contributed by atoms with Crippen LogP contribution < -0.4 is 0 Å². The van der Waals surface area contributed by atoms with Crippen molar-refractivity contribution in [2.45, 2.75) is 25.2 Å². The van der Waals surface area contributed by atoms with Crippen molar-refractivity contribution >= 4 is 17.8 Å². The molecule has 0 radical (unpaired) electrons. The van der Waals surface area contributed by atoms with Crippen molar-refractivity contribution in [2.75, 3.05) is 0 Å². The van der Waals surface area contributed by atoms with E-state index in [2.05, 4.69) is 13.2 Å². The molecular formula is C14H15NO2. The zero-order valence-corrected chi connectivity index (χ0v) is 9.69. The first kappa shape index (κ1) is 11.6. The van der Waals surface area contributed by atoms with Gasteiger partial charge in [-0.05, 0) is 36.0 Å². The van der Waals surface area contributed by atoms with E-state index < -0.39 is 0 Å². The van der Waals surface area contributed by atoms with Crippen molar-refractivity contribution in [2.24, 2.45) is 0 Å². The van der Waals surface area contributed by atoms with E-state index in [0.717, 1.165) is 36.0 Å². The molecule has 88 valence electrons. The number of nitro benzene ring substituents is 1. The van der Waals surface area contributed by atoms with Crippen LogP contribution in [0, 0.1) is 10.1 Å². The molecule has 0 aromatic heterocycles. The minimum absolute atomic E-state index is 0.218. The molecule has 3 heteroatoms. The van der Waals surface area contributed by atoms with Gasteiger partial charge in [-0.3, -0.25) is 10.1 Å². The van der Waals surface area contributed by atoms with Crippen LogP contribution in [0.3, 0.4) is 0 Å². The van der Waals surface area contributed by atoms with Gasteiger partial charge in [-0.1, -0.05) is 31.7 Å². The Kier molecular flexibility index (Phi) is 3.09. The largest absolute Gasteiger partial charge is 0.273 e. The number of nitrogens with zero attached hydrogens (tertiary/aromatic N) is 1. The maximum Gasteiger partial charge on any atom is 0.273 e. The zero-order chi connectivity index (χ0) is 12.4. The summed E-state index contributed by atoms with van der Waals surface area (Å²) in [5, 5.41) is 11.1. The highest BCUT2D eigenvalue weighted by molar-refractivity contribution is 5.71. The topological polar surface area (TPSA) is 43.1 Å². The molecule has 0 amide bonds. The Morgan fingerprint density at radius 2 is 2.00 bits per heavy atom. The average Bonchev–Trinajstić information content (AvgIpc) is 2.25. The van der Waals surface area contributed by atoms with Gasteiger partial charge >= 0.3 is 0 Å².